The first-order chi connectivity index (χ1) is 29.2. The Morgan fingerprint density at radius 1 is 0.373 bits per heavy atom. The van der Waals surface area contributed by atoms with Gasteiger partial charge in [-0.15, -0.1) is 0 Å². The van der Waals surface area contributed by atoms with Crippen molar-refractivity contribution in [1.29, 1.82) is 0 Å². The van der Waals surface area contributed by atoms with Crippen molar-refractivity contribution in [2.45, 2.75) is 9.79 Å². The lowest BCUT2D eigenvalue weighted by molar-refractivity contribution is 1.07. The molecule has 0 fully saturated rings. The molecule has 0 saturated carbocycles. The molecular weight excluding hydrogens is 737 g/mol. The summed E-state index contributed by atoms with van der Waals surface area (Å²) in [7, 11) is 0. The maximum Gasteiger partial charge on any atom is 0.162 e. The van der Waals surface area contributed by atoms with Gasteiger partial charge in [0, 0.05) is 53.4 Å². The van der Waals surface area contributed by atoms with Crippen LogP contribution in [-0.4, -0.2) is 19.1 Å². The van der Waals surface area contributed by atoms with E-state index in [1.54, 1.807) is 0 Å². The highest BCUT2D eigenvalue weighted by atomic mass is 32.2. The maximum atomic E-state index is 5.41. The highest BCUT2D eigenvalue weighted by Crippen LogP contribution is 2.50. The van der Waals surface area contributed by atoms with Crippen molar-refractivity contribution in [3.05, 3.63) is 194 Å². The fourth-order valence-corrected chi connectivity index (χ4v) is 10.6. The molecule has 0 bridgehead atoms. The zero-order valence-electron chi connectivity index (χ0n) is 31.7. The molecule has 0 unspecified atom stereocenters. The van der Waals surface area contributed by atoms with Crippen molar-refractivity contribution in [3.63, 3.8) is 0 Å². The summed E-state index contributed by atoms with van der Waals surface area (Å²) in [6.45, 7) is 0. The molecule has 4 nitrogen and oxygen atoms in total. The summed E-state index contributed by atoms with van der Waals surface area (Å²) in [5.74, 6) is 1.59. The third-order valence-corrected chi connectivity index (χ3v) is 13.2. The highest BCUT2D eigenvalue weighted by Gasteiger charge is 2.24. The van der Waals surface area contributed by atoms with Gasteiger partial charge in [0.2, 0.25) is 0 Å². The van der Waals surface area contributed by atoms with Crippen LogP contribution in [0.5, 0.6) is 0 Å². The van der Waals surface area contributed by atoms with E-state index < -0.39 is 0 Å². The number of hydrogen-bond donors (Lipinski definition) is 0. The van der Waals surface area contributed by atoms with E-state index >= 15 is 0 Å². The van der Waals surface area contributed by atoms with E-state index in [1.807, 2.05) is 30.0 Å². The second-order valence-corrected chi connectivity index (χ2v) is 16.5. The second-order valence-electron chi connectivity index (χ2n) is 15.4. The van der Waals surface area contributed by atoms with Crippen molar-refractivity contribution in [2.24, 2.45) is 0 Å². The van der Waals surface area contributed by atoms with Crippen LogP contribution >= 0.6 is 11.8 Å². The Morgan fingerprint density at radius 2 is 1.02 bits per heavy atom. The Hall–Kier alpha value is -7.47. The summed E-state index contributed by atoms with van der Waals surface area (Å²) in [6.07, 6.45) is 0. The zero-order chi connectivity index (χ0) is 38.6. The summed E-state index contributed by atoms with van der Waals surface area (Å²) < 4.78 is 4.75. The van der Waals surface area contributed by atoms with Crippen molar-refractivity contribution in [2.75, 3.05) is 0 Å². The molecule has 0 saturated heterocycles. The van der Waals surface area contributed by atoms with Crippen molar-refractivity contribution < 1.29 is 0 Å². The molecule has 59 heavy (non-hydrogen) atoms. The van der Waals surface area contributed by atoms with E-state index in [4.69, 9.17) is 9.97 Å². The second kappa shape index (κ2) is 12.5. The fraction of sp³-hybridized carbons (Fsp3) is 0. The van der Waals surface area contributed by atoms with E-state index in [2.05, 4.69) is 185 Å². The highest BCUT2D eigenvalue weighted by molar-refractivity contribution is 7.99. The van der Waals surface area contributed by atoms with Crippen LogP contribution in [0.2, 0.25) is 0 Å². The van der Waals surface area contributed by atoms with E-state index in [9.17, 15) is 0 Å². The van der Waals surface area contributed by atoms with Gasteiger partial charge in [-0.2, -0.15) is 0 Å². The number of nitrogens with zero attached hydrogens (tertiary/aromatic N) is 4. The monoisotopic (exact) mass is 768 g/mol. The van der Waals surface area contributed by atoms with Crippen LogP contribution in [0.3, 0.4) is 0 Å². The molecule has 0 amide bonds. The number of rotatable bonds is 4. The van der Waals surface area contributed by atoms with Crippen LogP contribution in [0, 0.1) is 0 Å². The molecule has 0 aliphatic carbocycles. The van der Waals surface area contributed by atoms with Crippen molar-refractivity contribution >= 4 is 77.0 Å². The van der Waals surface area contributed by atoms with Gasteiger partial charge in [-0.3, -0.25) is 4.57 Å². The largest absolute Gasteiger partial charge is 0.309 e. The molecule has 274 valence electrons. The van der Waals surface area contributed by atoms with E-state index in [1.165, 1.54) is 75.4 Å². The lowest BCUT2D eigenvalue weighted by Gasteiger charge is -2.21. The molecule has 4 heterocycles. The minimum Gasteiger partial charge on any atom is -0.309 e. The number of hydrogen-bond acceptors (Lipinski definition) is 3. The van der Waals surface area contributed by atoms with Gasteiger partial charge >= 0.3 is 0 Å². The minimum absolute atomic E-state index is 0.710. The Bertz CT molecular complexity index is 3690. The van der Waals surface area contributed by atoms with Crippen LogP contribution < -0.4 is 0 Å². The number of fused-ring (bicyclic) bond motifs is 9. The minimum atomic E-state index is 0.710. The molecule has 3 aromatic heterocycles. The molecule has 0 atom stereocenters. The lowest BCUT2D eigenvalue weighted by Crippen LogP contribution is -2.03. The van der Waals surface area contributed by atoms with Crippen molar-refractivity contribution in [3.8, 4) is 45.1 Å². The zero-order valence-corrected chi connectivity index (χ0v) is 32.5. The Labute approximate surface area is 343 Å². The number of para-hydroxylation sites is 3. The van der Waals surface area contributed by atoms with Gasteiger partial charge in [0.05, 0.1) is 27.6 Å². The molecule has 0 N–H and O–H groups in total. The number of benzene rings is 9. The first-order valence-corrected chi connectivity index (χ1v) is 20.8. The van der Waals surface area contributed by atoms with Crippen LogP contribution in [-0.2, 0) is 0 Å². The fourth-order valence-electron chi connectivity index (χ4n) is 9.44. The summed E-state index contributed by atoms with van der Waals surface area (Å²) >= 11 is 1.86. The van der Waals surface area contributed by atoms with Crippen LogP contribution in [0.4, 0.5) is 0 Å². The molecule has 0 radical (unpaired) electrons. The summed E-state index contributed by atoms with van der Waals surface area (Å²) in [5, 5.41) is 8.48. The Kier molecular flexibility index (Phi) is 6.91. The Morgan fingerprint density at radius 3 is 1.83 bits per heavy atom. The molecule has 13 rings (SSSR count). The van der Waals surface area contributed by atoms with Gasteiger partial charge in [0.15, 0.2) is 5.82 Å². The number of aromatic nitrogens is 4. The van der Waals surface area contributed by atoms with Crippen LogP contribution in [0.1, 0.15) is 0 Å². The quantitative estimate of drug-likeness (QED) is 0.179. The smallest absolute Gasteiger partial charge is 0.162 e. The van der Waals surface area contributed by atoms with Crippen LogP contribution in [0.15, 0.2) is 204 Å². The van der Waals surface area contributed by atoms with E-state index in [0.29, 0.717) is 5.82 Å². The van der Waals surface area contributed by atoms with Crippen molar-refractivity contribution in [1.82, 2.24) is 19.1 Å². The topological polar surface area (TPSA) is 35.6 Å². The summed E-state index contributed by atoms with van der Waals surface area (Å²) in [5.41, 5.74) is 12.6. The third kappa shape index (κ3) is 4.86. The molecule has 5 heteroatoms. The van der Waals surface area contributed by atoms with Gasteiger partial charge in [-0.1, -0.05) is 133 Å². The van der Waals surface area contributed by atoms with E-state index in [0.717, 1.165) is 39.0 Å². The standard InChI is InChI=1S/C54H32N4S/c1-3-13-34(14-4-1)53-55-45-22-9-7-20-40(45)54(56-53)58-48-28-26-36(35-25-27-47-41(29-35)38-19-8-10-23-46(38)57(47)37-17-5-2-6-18-37)30-42(48)43-31-44-39-21-11-15-33-16-12-24-50(52(33)39)59-51(44)32-49(43)58/h1-32H. The molecular formula is C54H32N4S. The average molecular weight is 769 g/mol. The normalized spacial score (nSPS) is 12.3. The average Bonchev–Trinajstić information content (AvgIpc) is 3.80. The molecule has 0 spiro atoms. The predicted octanol–water partition coefficient (Wildman–Crippen LogP) is 14.4. The predicted molar refractivity (Wildman–Crippen MR) is 246 cm³/mol. The maximum absolute atomic E-state index is 5.41. The molecule has 12 aromatic rings. The molecule has 9 aromatic carbocycles. The third-order valence-electron chi connectivity index (χ3n) is 12.1. The van der Waals surface area contributed by atoms with E-state index in [-0.39, 0.29) is 0 Å². The lowest BCUT2D eigenvalue weighted by atomic mass is 9.95. The van der Waals surface area contributed by atoms with Crippen LogP contribution in [0.25, 0.3) is 110 Å². The van der Waals surface area contributed by atoms with Gasteiger partial charge in [0.25, 0.3) is 0 Å². The summed E-state index contributed by atoms with van der Waals surface area (Å²) in [4.78, 5) is 13.0. The molecule has 1 aliphatic rings. The van der Waals surface area contributed by atoms with Gasteiger partial charge in [-0.25, -0.2) is 9.97 Å². The van der Waals surface area contributed by atoms with Gasteiger partial charge in [0.1, 0.15) is 5.82 Å². The van der Waals surface area contributed by atoms with Gasteiger partial charge < -0.3 is 4.57 Å². The molecule has 1 aliphatic heterocycles. The summed E-state index contributed by atoms with van der Waals surface area (Å²) in [6, 6.07) is 70.2. The van der Waals surface area contributed by atoms with Gasteiger partial charge in [-0.05, 0) is 100 Å². The SMILES string of the molecule is c1ccc(-c2nc(-n3c4ccc(-c5ccc6c(c5)c5ccccc5n6-c5ccccc5)cc4c4cc5c(cc43)Sc3cccc4cccc-5c34)c3ccccc3n2)cc1. The first-order valence-electron chi connectivity index (χ1n) is 20.0. The Balaban J connectivity index is 1.09. The first kappa shape index (κ1) is 32.6.